The average molecular weight is 610 g/mol. The van der Waals surface area contributed by atoms with Crippen LogP contribution in [-0.2, 0) is 6.54 Å². The van der Waals surface area contributed by atoms with Crippen LogP contribution in [0.5, 0.6) is 0 Å². The molecule has 0 amide bonds. The van der Waals surface area contributed by atoms with Crippen LogP contribution in [0.15, 0.2) is 140 Å². The molecule has 1 aliphatic rings. The second kappa shape index (κ2) is 13.9. The van der Waals surface area contributed by atoms with E-state index in [4.69, 9.17) is 0 Å². The zero-order valence-corrected chi connectivity index (χ0v) is 28.0. The van der Waals surface area contributed by atoms with Crippen molar-refractivity contribution in [1.29, 1.82) is 0 Å². The van der Waals surface area contributed by atoms with Crippen molar-refractivity contribution in [3.8, 4) is 0 Å². The van der Waals surface area contributed by atoms with Gasteiger partial charge in [-0.05, 0) is 110 Å². The Labute approximate surface area is 280 Å². The van der Waals surface area contributed by atoms with Crippen molar-refractivity contribution in [1.82, 2.24) is 5.32 Å². The summed E-state index contributed by atoms with van der Waals surface area (Å²) in [6, 6.07) is 36.9. The van der Waals surface area contributed by atoms with E-state index in [0.717, 1.165) is 29.0 Å². The largest absolute Gasteiger partial charge is 0.380 e. The first-order valence-corrected chi connectivity index (χ1v) is 16.5. The van der Waals surface area contributed by atoms with Gasteiger partial charge < -0.3 is 5.32 Å². The summed E-state index contributed by atoms with van der Waals surface area (Å²) >= 11 is 0. The second-order valence-corrected chi connectivity index (χ2v) is 12.4. The van der Waals surface area contributed by atoms with Crippen LogP contribution >= 0.6 is 0 Å². The summed E-state index contributed by atoms with van der Waals surface area (Å²) in [6.07, 6.45) is 13.2. The van der Waals surface area contributed by atoms with Crippen molar-refractivity contribution < 1.29 is 0 Å². The fraction of sp³-hybridized carbons (Fsp3) is 0.130. The van der Waals surface area contributed by atoms with Gasteiger partial charge in [0.1, 0.15) is 0 Å². The standard InChI is InChI=1S/C46H43N/c1-7-15-42(32(4)26-38-18-11-9-16-35(38)8-2)43-24-25-44(34(6)33(43)5)45(46-29-40-20-13-14-21-41(40)30-47-46)27-31(3)37-23-22-36-17-10-12-19-39(36)28-37/h7-29,32,47H,1,3,30H2,2,4-6H3/b35-8-,38-26-,42-15-,45-27+. The van der Waals surface area contributed by atoms with E-state index < -0.39 is 0 Å². The predicted octanol–water partition coefficient (Wildman–Crippen LogP) is 10.2. The van der Waals surface area contributed by atoms with E-state index >= 15 is 0 Å². The summed E-state index contributed by atoms with van der Waals surface area (Å²) in [6.45, 7) is 18.3. The molecule has 0 radical (unpaired) electrons. The summed E-state index contributed by atoms with van der Waals surface area (Å²) in [5, 5.41) is 8.68. The van der Waals surface area contributed by atoms with Gasteiger partial charge in [0.05, 0.1) is 0 Å². The summed E-state index contributed by atoms with van der Waals surface area (Å²) in [5.41, 5.74) is 13.1. The molecule has 1 aliphatic heterocycles. The molecule has 232 valence electrons. The van der Waals surface area contributed by atoms with E-state index in [1.807, 2.05) is 6.08 Å². The Kier molecular flexibility index (Phi) is 9.36. The van der Waals surface area contributed by atoms with Gasteiger partial charge in [0.15, 0.2) is 0 Å². The fourth-order valence-corrected chi connectivity index (χ4v) is 6.68. The quantitative estimate of drug-likeness (QED) is 0.173. The van der Waals surface area contributed by atoms with E-state index in [9.17, 15) is 0 Å². The first kappa shape index (κ1) is 31.6. The summed E-state index contributed by atoms with van der Waals surface area (Å²) < 4.78 is 0. The molecular formula is C46H43N. The third-order valence-electron chi connectivity index (χ3n) is 9.47. The molecule has 0 aliphatic carbocycles. The van der Waals surface area contributed by atoms with Crippen molar-refractivity contribution in [2.45, 2.75) is 34.2 Å². The number of benzene rings is 5. The minimum atomic E-state index is 0.194. The molecule has 1 unspecified atom stereocenters. The van der Waals surface area contributed by atoms with Crippen LogP contribution < -0.4 is 15.8 Å². The monoisotopic (exact) mass is 609 g/mol. The van der Waals surface area contributed by atoms with Gasteiger partial charge in [-0.3, -0.25) is 0 Å². The van der Waals surface area contributed by atoms with Gasteiger partial charge in [-0.15, -0.1) is 0 Å². The van der Waals surface area contributed by atoms with E-state index in [1.165, 1.54) is 60.2 Å². The maximum Gasteiger partial charge on any atom is 0.0428 e. The smallest absolute Gasteiger partial charge is 0.0428 e. The van der Waals surface area contributed by atoms with Crippen LogP contribution in [0, 0.1) is 19.8 Å². The highest BCUT2D eigenvalue weighted by molar-refractivity contribution is 5.95. The molecule has 5 aromatic rings. The third kappa shape index (κ3) is 6.62. The molecule has 1 atom stereocenters. The lowest BCUT2D eigenvalue weighted by molar-refractivity contribution is 0.827. The Morgan fingerprint density at radius 1 is 0.787 bits per heavy atom. The zero-order chi connectivity index (χ0) is 32.9. The van der Waals surface area contributed by atoms with Crippen LogP contribution in [0.1, 0.15) is 52.8 Å². The maximum atomic E-state index is 4.58. The maximum absolute atomic E-state index is 4.58. The lowest BCUT2D eigenvalue weighted by atomic mass is 9.84. The summed E-state index contributed by atoms with van der Waals surface area (Å²) in [5.74, 6) is 0.194. The molecule has 0 bridgehead atoms. The van der Waals surface area contributed by atoms with Crippen molar-refractivity contribution in [2.24, 2.45) is 5.92 Å². The fourth-order valence-electron chi connectivity index (χ4n) is 6.68. The van der Waals surface area contributed by atoms with Crippen LogP contribution in [-0.4, -0.2) is 0 Å². The zero-order valence-electron chi connectivity index (χ0n) is 28.0. The normalized spacial score (nSPS) is 14.8. The minimum absolute atomic E-state index is 0.194. The Hall–Kier alpha value is -5.40. The van der Waals surface area contributed by atoms with Crippen LogP contribution in [0.2, 0.25) is 0 Å². The SMILES string of the molecule is C=C/C=C(\c1ccc(/C(=C\C(=C)c2ccc3ccccc3c2)C2=Cc3ccccc3CN2)c(C)c1C)C(C)/C=c1/cccc/c1=C/C. The van der Waals surface area contributed by atoms with Gasteiger partial charge in [0.2, 0.25) is 0 Å². The molecule has 0 aromatic heterocycles. The lowest BCUT2D eigenvalue weighted by Crippen LogP contribution is -2.24. The van der Waals surface area contributed by atoms with Crippen molar-refractivity contribution in [3.63, 3.8) is 0 Å². The number of rotatable bonds is 8. The molecule has 47 heavy (non-hydrogen) atoms. The molecule has 1 heteroatoms. The van der Waals surface area contributed by atoms with E-state index in [1.54, 1.807) is 0 Å². The van der Waals surface area contributed by atoms with Crippen molar-refractivity contribution in [3.05, 3.63) is 190 Å². The first-order valence-electron chi connectivity index (χ1n) is 16.5. The van der Waals surface area contributed by atoms with E-state index in [2.05, 4.69) is 180 Å². The van der Waals surface area contributed by atoms with Crippen LogP contribution in [0.3, 0.4) is 0 Å². The molecule has 6 rings (SSSR count). The second-order valence-electron chi connectivity index (χ2n) is 12.4. The minimum Gasteiger partial charge on any atom is -0.380 e. The number of nitrogens with one attached hydrogen (secondary N) is 1. The Morgan fingerprint density at radius 3 is 2.26 bits per heavy atom. The molecule has 0 saturated heterocycles. The summed E-state index contributed by atoms with van der Waals surface area (Å²) in [4.78, 5) is 0. The van der Waals surface area contributed by atoms with Crippen LogP contribution in [0.4, 0.5) is 0 Å². The number of hydrogen-bond acceptors (Lipinski definition) is 1. The molecule has 0 fully saturated rings. The molecule has 0 saturated carbocycles. The highest BCUT2D eigenvalue weighted by Gasteiger charge is 2.20. The molecule has 1 nitrogen and oxygen atoms in total. The highest BCUT2D eigenvalue weighted by atomic mass is 14.9. The van der Waals surface area contributed by atoms with Crippen LogP contribution in [0.25, 0.3) is 45.7 Å². The Morgan fingerprint density at radius 2 is 1.47 bits per heavy atom. The van der Waals surface area contributed by atoms with Gasteiger partial charge in [0, 0.05) is 23.7 Å². The number of hydrogen-bond donors (Lipinski definition) is 1. The molecule has 0 spiro atoms. The van der Waals surface area contributed by atoms with Gasteiger partial charge in [-0.25, -0.2) is 0 Å². The Bertz CT molecular complexity index is 2220. The predicted molar refractivity (Wildman–Crippen MR) is 206 cm³/mol. The number of fused-ring (bicyclic) bond motifs is 2. The lowest BCUT2D eigenvalue weighted by Gasteiger charge is -2.25. The van der Waals surface area contributed by atoms with Gasteiger partial charge in [-0.1, -0.05) is 141 Å². The van der Waals surface area contributed by atoms with E-state index in [-0.39, 0.29) is 5.92 Å². The molecule has 1 heterocycles. The Balaban J connectivity index is 1.47. The average Bonchev–Trinajstić information content (AvgIpc) is 3.10. The van der Waals surface area contributed by atoms with Crippen molar-refractivity contribution in [2.75, 3.05) is 0 Å². The topological polar surface area (TPSA) is 12.0 Å². The third-order valence-corrected chi connectivity index (χ3v) is 9.47. The molecule has 5 aromatic carbocycles. The molecular weight excluding hydrogens is 567 g/mol. The van der Waals surface area contributed by atoms with Crippen molar-refractivity contribution >= 4 is 45.7 Å². The van der Waals surface area contributed by atoms with Gasteiger partial charge in [0.25, 0.3) is 0 Å². The van der Waals surface area contributed by atoms with Gasteiger partial charge in [-0.2, -0.15) is 0 Å². The van der Waals surface area contributed by atoms with E-state index in [0.29, 0.717) is 0 Å². The molecule has 1 N–H and O–H groups in total. The summed E-state index contributed by atoms with van der Waals surface area (Å²) in [7, 11) is 0. The highest BCUT2D eigenvalue weighted by Crippen LogP contribution is 2.37. The number of allylic oxidation sites excluding steroid dienone is 6. The first-order chi connectivity index (χ1) is 22.9. The van der Waals surface area contributed by atoms with Gasteiger partial charge >= 0.3 is 0 Å².